The van der Waals surface area contributed by atoms with Crippen LogP contribution in [-0.4, -0.2) is 56.3 Å². The third-order valence-corrected chi connectivity index (χ3v) is 8.51. The third kappa shape index (κ3) is 10.1. The van der Waals surface area contributed by atoms with Crippen LogP contribution in [0.4, 0.5) is 0 Å². The number of ether oxygens (including phenoxy) is 6. The Morgan fingerprint density at radius 1 is 0.569 bits per heavy atom. The highest BCUT2D eigenvalue weighted by atomic mass is 32.2. The summed E-state index contributed by atoms with van der Waals surface area (Å²) in [5.41, 5.74) is 0.555. The lowest BCUT2D eigenvalue weighted by atomic mass is 10.0. The molecule has 0 saturated carbocycles. The van der Waals surface area contributed by atoms with Crippen molar-refractivity contribution in [2.75, 3.05) is 32.2 Å². The Labute approximate surface area is 302 Å². The summed E-state index contributed by atoms with van der Waals surface area (Å²) in [4.78, 5) is 26.3. The number of hydrogen-bond acceptors (Lipinski definition) is 9. The molecule has 0 aliphatic rings. The van der Waals surface area contributed by atoms with Gasteiger partial charge in [0.25, 0.3) is 0 Å². The second-order valence-corrected chi connectivity index (χ2v) is 13.2. The van der Waals surface area contributed by atoms with Gasteiger partial charge in [-0.1, -0.05) is 80.7 Å². The fourth-order valence-electron chi connectivity index (χ4n) is 5.15. The van der Waals surface area contributed by atoms with Crippen molar-refractivity contribution in [1.29, 1.82) is 0 Å². The van der Waals surface area contributed by atoms with Crippen molar-refractivity contribution in [3.63, 3.8) is 0 Å². The Balaban J connectivity index is 1.49. The van der Waals surface area contributed by atoms with E-state index in [9.17, 15) is 9.59 Å². The van der Waals surface area contributed by atoms with Gasteiger partial charge in [0.2, 0.25) is 0 Å². The molecule has 5 aromatic rings. The molecular formula is C42H42O8S. The van der Waals surface area contributed by atoms with Crippen LogP contribution in [0.1, 0.15) is 20.8 Å². The first kappa shape index (κ1) is 36.9. The molecule has 0 spiro atoms. The van der Waals surface area contributed by atoms with Crippen molar-refractivity contribution in [3.8, 4) is 23.0 Å². The fraction of sp³-hybridized carbons (Fsp3) is 0.238. The lowest BCUT2D eigenvalue weighted by molar-refractivity contribution is -0.148. The monoisotopic (exact) mass is 706 g/mol. The predicted octanol–water partition coefficient (Wildman–Crippen LogP) is 9.00. The van der Waals surface area contributed by atoms with Gasteiger partial charge in [-0.25, -0.2) is 9.59 Å². The Kier molecular flexibility index (Phi) is 13.0. The van der Waals surface area contributed by atoms with E-state index >= 15 is 0 Å². The maximum atomic E-state index is 12.6. The molecule has 8 nitrogen and oxygen atoms in total. The van der Waals surface area contributed by atoms with Crippen molar-refractivity contribution in [3.05, 3.63) is 127 Å². The quantitative estimate of drug-likeness (QED) is 0.0383. The number of carbonyl (C=O) groups is 2. The summed E-state index contributed by atoms with van der Waals surface area (Å²) in [6.07, 6.45) is -1.47. The minimum Gasteiger partial charge on any atom is -0.490 e. The maximum Gasteiger partial charge on any atom is 0.333 e. The molecule has 0 amide bonds. The van der Waals surface area contributed by atoms with Crippen LogP contribution < -0.4 is 18.9 Å². The Bertz CT molecular complexity index is 1980. The number of benzene rings is 5. The van der Waals surface area contributed by atoms with Crippen LogP contribution in [0.15, 0.2) is 132 Å². The largest absolute Gasteiger partial charge is 0.490 e. The molecule has 5 aromatic carbocycles. The summed E-state index contributed by atoms with van der Waals surface area (Å²) < 4.78 is 36.6. The molecule has 2 unspecified atom stereocenters. The van der Waals surface area contributed by atoms with E-state index in [-0.39, 0.29) is 37.6 Å². The van der Waals surface area contributed by atoms with Gasteiger partial charge in [0.05, 0.1) is 0 Å². The van der Waals surface area contributed by atoms with Gasteiger partial charge in [0.15, 0.2) is 12.2 Å². The van der Waals surface area contributed by atoms with Crippen molar-refractivity contribution < 1.29 is 38.0 Å². The van der Waals surface area contributed by atoms with Gasteiger partial charge < -0.3 is 28.4 Å². The Morgan fingerprint density at radius 3 is 1.43 bits per heavy atom. The normalized spacial score (nSPS) is 12.1. The molecule has 0 aromatic heterocycles. The van der Waals surface area contributed by atoms with Crippen LogP contribution in [0.3, 0.4) is 0 Å². The molecule has 51 heavy (non-hydrogen) atoms. The first-order valence-electron chi connectivity index (χ1n) is 16.7. The van der Waals surface area contributed by atoms with E-state index in [2.05, 4.69) is 26.1 Å². The number of esters is 2. The Morgan fingerprint density at radius 2 is 0.980 bits per heavy atom. The van der Waals surface area contributed by atoms with Crippen molar-refractivity contribution in [2.24, 2.45) is 0 Å². The van der Waals surface area contributed by atoms with Crippen LogP contribution in [-0.2, 0) is 19.1 Å². The summed E-state index contributed by atoms with van der Waals surface area (Å²) >= 11 is 1.71. The van der Waals surface area contributed by atoms with E-state index in [0.29, 0.717) is 23.0 Å². The fourth-order valence-corrected chi connectivity index (χ4v) is 5.85. The number of fused-ring (bicyclic) bond motifs is 2. The van der Waals surface area contributed by atoms with Gasteiger partial charge in [-0.3, -0.25) is 0 Å². The van der Waals surface area contributed by atoms with Crippen molar-refractivity contribution >= 4 is 45.2 Å². The van der Waals surface area contributed by atoms with Gasteiger partial charge in [0, 0.05) is 37.6 Å². The van der Waals surface area contributed by atoms with Crippen LogP contribution in [0.25, 0.3) is 21.5 Å². The number of para-hydroxylation sites is 2. The zero-order valence-corrected chi connectivity index (χ0v) is 29.9. The number of rotatable bonds is 18. The molecule has 0 bridgehead atoms. The summed E-state index contributed by atoms with van der Waals surface area (Å²) in [6, 6.07) is 32.5. The zero-order valence-electron chi connectivity index (χ0n) is 29.1. The molecule has 264 valence electrons. The van der Waals surface area contributed by atoms with E-state index < -0.39 is 24.1 Å². The van der Waals surface area contributed by atoms with E-state index in [4.69, 9.17) is 28.4 Å². The molecule has 5 rings (SSSR count). The topological polar surface area (TPSA) is 89.5 Å². The number of carbonyl (C=O) groups excluding carboxylic acids is 2. The summed E-state index contributed by atoms with van der Waals surface area (Å²) in [5.74, 6) is 2.33. The highest BCUT2D eigenvalue weighted by molar-refractivity contribution is 7.99. The van der Waals surface area contributed by atoms with Crippen LogP contribution in [0.5, 0.6) is 23.0 Å². The lowest BCUT2D eigenvalue weighted by Crippen LogP contribution is -2.31. The minimum absolute atomic E-state index is 0.0199. The smallest absolute Gasteiger partial charge is 0.333 e. The van der Waals surface area contributed by atoms with Crippen molar-refractivity contribution in [2.45, 2.75) is 37.9 Å². The first-order chi connectivity index (χ1) is 24.7. The Hall–Kier alpha value is -5.41. The van der Waals surface area contributed by atoms with Crippen LogP contribution in [0.2, 0.25) is 0 Å². The molecule has 2 atom stereocenters. The van der Waals surface area contributed by atoms with Gasteiger partial charge in [-0.05, 0) is 62.1 Å². The van der Waals surface area contributed by atoms with Crippen LogP contribution in [0, 0.1) is 0 Å². The van der Waals surface area contributed by atoms with E-state index in [1.165, 1.54) is 0 Å². The maximum absolute atomic E-state index is 12.6. The molecule has 0 aliphatic heterocycles. The minimum atomic E-state index is -0.735. The van der Waals surface area contributed by atoms with Gasteiger partial charge in [-0.15, -0.1) is 11.8 Å². The number of thioether (sulfide) groups is 1. The first-order valence-corrected chi connectivity index (χ1v) is 17.7. The summed E-state index contributed by atoms with van der Waals surface area (Å²) in [6.45, 7) is 12.9. The highest BCUT2D eigenvalue weighted by Gasteiger charge is 2.23. The van der Waals surface area contributed by atoms with E-state index in [0.717, 1.165) is 32.2 Å². The zero-order chi connectivity index (χ0) is 36.2. The van der Waals surface area contributed by atoms with E-state index in [1.54, 1.807) is 25.6 Å². The highest BCUT2D eigenvalue weighted by Crippen LogP contribution is 2.44. The summed E-state index contributed by atoms with van der Waals surface area (Å²) in [7, 11) is 0. The summed E-state index contributed by atoms with van der Waals surface area (Å²) in [5, 5.41) is 3.20. The third-order valence-electron chi connectivity index (χ3n) is 7.64. The van der Waals surface area contributed by atoms with Crippen LogP contribution >= 0.6 is 11.8 Å². The molecule has 0 N–H and O–H groups in total. The van der Waals surface area contributed by atoms with Gasteiger partial charge >= 0.3 is 11.9 Å². The SMILES string of the molecule is C=C(C)C(=O)OC(COc1ccccc1)COc1c2ccccc2c(OCC(COc2ccccc2)OC(=O)C(=C)C)c2cc(SCC)ccc12. The lowest BCUT2D eigenvalue weighted by Gasteiger charge is -2.23. The van der Waals surface area contributed by atoms with Gasteiger partial charge in [0.1, 0.15) is 49.4 Å². The van der Waals surface area contributed by atoms with E-state index in [1.807, 2.05) is 97.1 Å². The molecular weight excluding hydrogens is 665 g/mol. The molecule has 0 saturated heterocycles. The van der Waals surface area contributed by atoms with Gasteiger partial charge in [-0.2, -0.15) is 0 Å². The average Bonchev–Trinajstić information content (AvgIpc) is 3.14. The second kappa shape index (κ2) is 18.0. The average molecular weight is 707 g/mol. The molecule has 9 heteroatoms. The molecule has 0 radical (unpaired) electrons. The standard InChI is InChI=1S/C42H42O8S/c1-6-51-34-21-22-37-38(23-34)40(48-27-33(50-42(44)29(4)5)25-46-31-17-11-8-12-18-31)36-20-14-13-19-35(36)39(37)47-26-32(49-41(43)28(2)3)24-45-30-15-9-7-10-16-30/h7-23,32-33H,2,4,6,24-27H2,1,3,5H3. The molecule has 0 fully saturated rings. The van der Waals surface area contributed by atoms with Crippen molar-refractivity contribution in [1.82, 2.24) is 0 Å². The second-order valence-electron chi connectivity index (χ2n) is 11.8. The molecule has 0 heterocycles. The predicted molar refractivity (Wildman–Crippen MR) is 202 cm³/mol. The molecule has 0 aliphatic carbocycles. The number of hydrogen-bond donors (Lipinski definition) is 0.